The van der Waals surface area contributed by atoms with Gasteiger partial charge < -0.3 is 23.4 Å². The van der Waals surface area contributed by atoms with Crippen LogP contribution in [-0.4, -0.2) is 59.6 Å². The maximum absolute atomic E-state index is 10.4. The van der Waals surface area contributed by atoms with Gasteiger partial charge in [0.05, 0.1) is 18.8 Å². The summed E-state index contributed by atoms with van der Waals surface area (Å²) in [6, 6.07) is 0. The van der Waals surface area contributed by atoms with E-state index in [9.17, 15) is 5.11 Å². The van der Waals surface area contributed by atoms with E-state index in [-0.39, 0.29) is 12.2 Å². The standard InChI is InChI=1S/C20H42O5Si/c1-5-9-13-22-16-20(26(24-7-3)25-8-4)17-11-12-18(21)19(15-17)23-14-10-6-2/h17-21,26H,5-16H2,1-4H3. The fourth-order valence-corrected chi connectivity index (χ4v) is 5.95. The van der Waals surface area contributed by atoms with Gasteiger partial charge in [-0.05, 0) is 51.9 Å². The Morgan fingerprint density at radius 1 is 0.962 bits per heavy atom. The molecule has 0 aromatic heterocycles. The SMILES string of the molecule is CCCCOCC(C1CCC(O)C(OCCCC)C1)[SiH](OCC)OCC. The van der Waals surface area contributed by atoms with Crippen LogP contribution in [0.2, 0.25) is 5.54 Å². The second kappa shape index (κ2) is 15.0. The zero-order valence-electron chi connectivity index (χ0n) is 17.5. The maximum Gasteiger partial charge on any atom is 0.327 e. The molecule has 4 atom stereocenters. The zero-order chi connectivity index (χ0) is 19.2. The lowest BCUT2D eigenvalue weighted by molar-refractivity contribution is -0.0761. The molecule has 6 heteroatoms. The molecule has 1 aliphatic rings. The van der Waals surface area contributed by atoms with E-state index in [1.807, 2.05) is 13.8 Å². The van der Waals surface area contributed by atoms with Crippen molar-refractivity contribution >= 4 is 9.28 Å². The van der Waals surface area contributed by atoms with Crippen molar-refractivity contribution in [1.82, 2.24) is 0 Å². The fraction of sp³-hybridized carbons (Fsp3) is 1.00. The Hall–Kier alpha value is 0.0169. The molecule has 0 aromatic rings. The first-order valence-electron chi connectivity index (χ1n) is 10.8. The van der Waals surface area contributed by atoms with E-state index < -0.39 is 9.28 Å². The van der Waals surface area contributed by atoms with Crippen LogP contribution in [0.5, 0.6) is 0 Å². The van der Waals surface area contributed by atoms with Gasteiger partial charge in [0.2, 0.25) is 0 Å². The summed E-state index contributed by atoms with van der Waals surface area (Å²) in [5.41, 5.74) is 0.316. The molecule has 0 bridgehead atoms. The molecule has 1 aliphatic carbocycles. The van der Waals surface area contributed by atoms with Crippen molar-refractivity contribution in [3.05, 3.63) is 0 Å². The molecule has 1 saturated carbocycles. The number of hydrogen-bond donors (Lipinski definition) is 1. The van der Waals surface area contributed by atoms with Crippen molar-refractivity contribution in [3.8, 4) is 0 Å². The van der Waals surface area contributed by atoms with Gasteiger partial charge in [-0.2, -0.15) is 0 Å². The molecule has 156 valence electrons. The molecule has 4 unspecified atom stereocenters. The Kier molecular flexibility index (Phi) is 13.9. The second-order valence-electron chi connectivity index (χ2n) is 7.27. The summed E-state index contributed by atoms with van der Waals surface area (Å²) in [6.07, 6.45) is 6.68. The highest BCUT2D eigenvalue weighted by Gasteiger charge is 2.39. The highest BCUT2D eigenvalue weighted by atomic mass is 28.3. The summed E-state index contributed by atoms with van der Waals surface area (Å²) in [4.78, 5) is 0. The van der Waals surface area contributed by atoms with Crippen LogP contribution in [0.4, 0.5) is 0 Å². The molecule has 1 rings (SSSR count). The lowest BCUT2D eigenvalue weighted by Gasteiger charge is -2.39. The smallest absolute Gasteiger partial charge is 0.327 e. The number of unbranched alkanes of at least 4 members (excludes halogenated alkanes) is 2. The van der Waals surface area contributed by atoms with Gasteiger partial charge in [-0.1, -0.05) is 26.7 Å². The predicted octanol–water partition coefficient (Wildman–Crippen LogP) is 3.81. The summed E-state index contributed by atoms with van der Waals surface area (Å²) >= 11 is 0. The van der Waals surface area contributed by atoms with Crippen LogP contribution in [0.3, 0.4) is 0 Å². The van der Waals surface area contributed by atoms with Crippen molar-refractivity contribution in [2.75, 3.05) is 33.0 Å². The summed E-state index contributed by atoms with van der Waals surface area (Å²) in [5.74, 6) is 0.446. The maximum atomic E-state index is 10.4. The largest absolute Gasteiger partial charge is 0.397 e. The van der Waals surface area contributed by atoms with Crippen molar-refractivity contribution in [3.63, 3.8) is 0 Å². The van der Waals surface area contributed by atoms with E-state index in [1.54, 1.807) is 0 Å². The molecule has 0 radical (unpaired) electrons. The van der Waals surface area contributed by atoms with Gasteiger partial charge in [0.25, 0.3) is 0 Å². The van der Waals surface area contributed by atoms with Crippen LogP contribution in [0, 0.1) is 5.92 Å². The quantitative estimate of drug-likeness (QED) is 0.340. The lowest BCUT2D eigenvalue weighted by atomic mass is 9.83. The third kappa shape index (κ3) is 8.80. The van der Waals surface area contributed by atoms with E-state index >= 15 is 0 Å². The minimum atomic E-state index is -1.82. The molecule has 0 heterocycles. The first-order chi connectivity index (χ1) is 12.7. The van der Waals surface area contributed by atoms with E-state index in [0.717, 1.165) is 58.2 Å². The average molecular weight is 391 g/mol. The van der Waals surface area contributed by atoms with Crippen LogP contribution in [0.1, 0.15) is 72.6 Å². The summed E-state index contributed by atoms with van der Waals surface area (Å²) in [7, 11) is -1.82. The molecule has 0 aliphatic heterocycles. The van der Waals surface area contributed by atoms with Gasteiger partial charge in [0, 0.05) is 32.0 Å². The van der Waals surface area contributed by atoms with Gasteiger partial charge in [-0.25, -0.2) is 0 Å². The Labute approximate surface area is 162 Å². The Morgan fingerprint density at radius 2 is 1.62 bits per heavy atom. The summed E-state index contributed by atoms with van der Waals surface area (Å²) in [5, 5.41) is 10.4. The average Bonchev–Trinajstić information content (AvgIpc) is 2.64. The van der Waals surface area contributed by atoms with Crippen LogP contribution < -0.4 is 0 Å². The van der Waals surface area contributed by atoms with E-state index in [1.165, 1.54) is 0 Å². The molecule has 0 spiro atoms. The molecule has 1 N–H and O–H groups in total. The Balaban J connectivity index is 2.71. The molecular weight excluding hydrogens is 348 g/mol. The normalized spacial score (nSPS) is 24.9. The highest BCUT2D eigenvalue weighted by molar-refractivity contribution is 6.46. The van der Waals surface area contributed by atoms with Crippen molar-refractivity contribution in [1.29, 1.82) is 0 Å². The molecular formula is C20H42O5Si. The first kappa shape index (κ1) is 24.1. The van der Waals surface area contributed by atoms with Gasteiger partial charge in [0.15, 0.2) is 0 Å². The Morgan fingerprint density at radius 3 is 2.23 bits per heavy atom. The number of rotatable bonds is 15. The molecule has 0 saturated heterocycles. The summed E-state index contributed by atoms with van der Waals surface area (Å²) in [6.45, 7) is 12.0. The minimum absolute atomic E-state index is 0.0589. The number of aliphatic hydroxyl groups is 1. The van der Waals surface area contributed by atoms with Crippen molar-refractivity contribution in [2.24, 2.45) is 5.92 Å². The highest BCUT2D eigenvalue weighted by Crippen LogP contribution is 2.37. The second-order valence-corrected chi connectivity index (χ2v) is 9.53. The fourth-order valence-electron chi connectivity index (χ4n) is 3.62. The molecule has 5 nitrogen and oxygen atoms in total. The monoisotopic (exact) mass is 390 g/mol. The lowest BCUT2D eigenvalue weighted by Crippen LogP contribution is -2.43. The topological polar surface area (TPSA) is 57.2 Å². The number of hydrogen-bond acceptors (Lipinski definition) is 5. The van der Waals surface area contributed by atoms with Crippen molar-refractivity contribution in [2.45, 2.75) is 90.4 Å². The molecule has 0 amide bonds. The van der Waals surface area contributed by atoms with Crippen LogP contribution >= 0.6 is 0 Å². The van der Waals surface area contributed by atoms with Gasteiger partial charge in [-0.3, -0.25) is 0 Å². The van der Waals surface area contributed by atoms with Gasteiger partial charge in [0.1, 0.15) is 0 Å². The van der Waals surface area contributed by atoms with Crippen molar-refractivity contribution < 1.29 is 23.4 Å². The van der Waals surface area contributed by atoms with E-state index in [4.69, 9.17) is 18.3 Å². The Bertz CT molecular complexity index is 325. The molecule has 26 heavy (non-hydrogen) atoms. The minimum Gasteiger partial charge on any atom is -0.397 e. The van der Waals surface area contributed by atoms with E-state index in [0.29, 0.717) is 31.3 Å². The third-order valence-corrected chi connectivity index (χ3v) is 7.96. The number of ether oxygens (including phenoxy) is 2. The predicted molar refractivity (Wildman–Crippen MR) is 108 cm³/mol. The van der Waals surface area contributed by atoms with Crippen LogP contribution in [0.25, 0.3) is 0 Å². The first-order valence-corrected chi connectivity index (χ1v) is 12.4. The van der Waals surface area contributed by atoms with E-state index in [2.05, 4.69) is 13.8 Å². The summed E-state index contributed by atoms with van der Waals surface area (Å²) < 4.78 is 24.1. The zero-order valence-corrected chi connectivity index (χ0v) is 18.6. The molecule has 0 aromatic carbocycles. The number of aliphatic hydroxyl groups excluding tert-OH is 1. The van der Waals surface area contributed by atoms with Gasteiger partial charge >= 0.3 is 9.28 Å². The van der Waals surface area contributed by atoms with Gasteiger partial charge in [-0.15, -0.1) is 0 Å². The third-order valence-electron chi connectivity index (χ3n) is 5.20. The van der Waals surface area contributed by atoms with Crippen LogP contribution in [0.15, 0.2) is 0 Å². The molecule has 1 fully saturated rings. The van der Waals surface area contributed by atoms with Crippen LogP contribution in [-0.2, 0) is 18.3 Å².